The Morgan fingerprint density at radius 3 is 2.34 bits per heavy atom. The van der Waals surface area contributed by atoms with E-state index in [1.54, 1.807) is 0 Å². The summed E-state index contributed by atoms with van der Waals surface area (Å²) in [4.78, 5) is 26.0. The van der Waals surface area contributed by atoms with Gasteiger partial charge in [0.05, 0.1) is 6.61 Å². The number of hydrogen-bond donors (Lipinski definition) is 2. The van der Waals surface area contributed by atoms with Crippen LogP contribution in [-0.4, -0.2) is 48.7 Å². The van der Waals surface area contributed by atoms with E-state index in [1.807, 2.05) is 30.3 Å². The van der Waals surface area contributed by atoms with Crippen LogP contribution in [0.3, 0.4) is 0 Å². The number of aliphatic hydroxyl groups excluding tert-OH is 1. The second kappa shape index (κ2) is 10.0. The van der Waals surface area contributed by atoms with Gasteiger partial charge in [0.25, 0.3) is 14.6 Å². The number of H-pyrrole nitrogens is 1. The number of aryl methyl sites for hydroxylation is 1. The molecule has 1 radical (unpaired) electrons. The van der Waals surface area contributed by atoms with E-state index >= 15 is 0 Å². The summed E-state index contributed by atoms with van der Waals surface area (Å²) in [6.45, 7) is 7.91. The fourth-order valence-electron chi connectivity index (χ4n) is 4.05. The summed E-state index contributed by atoms with van der Waals surface area (Å²) in [6, 6.07) is 18.1. The number of ether oxygens (including phenoxy) is 1. The highest BCUT2D eigenvalue weighted by atomic mass is 28.3. The van der Waals surface area contributed by atoms with Crippen molar-refractivity contribution in [3.8, 4) is 0 Å². The van der Waals surface area contributed by atoms with Gasteiger partial charge in [-0.25, -0.2) is 9.18 Å². The SMILES string of the molecule is Cc1cn([C@@H]2O[C@H](CO[Si](c3ccccc3)c3ccc(C(C)(C)C)cc3)[C@@H](O)[C@@H]2F)c(=O)[nH]c1=O. The molecule has 0 unspecified atom stereocenters. The number of alkyl halides is 1. The molecular formula is C26H30FN2O5Si. The zero-order chi connectivity index (χ0) is 25.3. The van der Waals surface area contributed by atoms with Crippen molar-refractivity contribution < 1.29 is 18.7 Å². The van der Waals surface area contributed by atoms with Crippen LogP contribution in [0, 0.1) is 6.92 Å². The number of aromatic nitrogens is 2. The van der Waals surface area contributed by atoms with E-state index in [-0.39, 0.29) is 17.6 Å². The van der Waals surface area contributed by atoms with E-state index in [1.165, 1.54) is 18.7 Å². The van der Waals surface area contributed by atoms with Crippen LogP contribution in [0.5, 0.6) is 0 Å². The van der Waals surface area contributed by atoms with Crippen molar-refractivity contribution in [2.75, 3.05) is 6.61 Å². The third kappa shape index (κ3) is 5.38. The molecule has 2 aromatic carbocycles. The first-order valence-electron chi connectivity index (χ1n) is 11.5. The van der Waals surface area contributed by atoms with E-state index in [9.17, 15) is 19.1 Å². The quantitative estimate of drug-likeness (QED) is 0.505. The van der Waals surface area contributed by atoms with Gasteiger partial charge in [-0.1, -0.05) is 75.4 Å². The highest BCUT2D eigenvalue weighted by molar-refractivity contribution is 6.80. The Hall–Kier alpha value is -2.85. The molecule has 3 aromatic rings. The van der Waals surface area contributed by atoms with Crippen molar-refractivity contribution in [3.05, 3.63) is 92.8 Å². The number of nitrogens with one attached hydrogen (secondary N) is 1. The Bertz CT molecular complexity index is 1270. The number of rotatable bonds is 6. The molecule has 7 nitrogen and oxygen atoms in total. The molecule has 1 fully saturated rings. The predicted octanol–water partition coefficient (Wildman–Crippen LogP) is 1.56. The molecule has 2 heterocycles. The van der Waals surface area contributed by atoms with Crippen LogP contribution in [0.25, 0.3) is 0 Å². The first-order valence-corrected chi connectivity index (χ1v) is 12.9. The lowest BCUT2D eigenvalue weighted by molar-refractivity contribution is -0.0447. The Kier molecular flexibility index (Phi) is 7.23. The maximum Gasteiger partial charge on any atom is 0.330 e. The standard InChI is InChI=1S/C26H30FN2O5Si/c1-16-14-29(25(32)28-23(16)31)24-21(27)22(30)20(34-24)15-33-35(18-8-6-5-7-9-18)19-12-10-17(11-13-19)26(2,3)4/h5-14,20-22,24,30H,15H2,1-4H3,(H,28,31,32)/t20-,21+,22-,24-/m1/s1. The van der Waals surface area contributed by atoms with Crippen molar-refractivity contribution in [1.29, 1.82) is 0 Å². The molecule has 35 heavy (non-hydrogen) atoms. The summed E-state index contributed by atoms with van der Waals surface area (Å²) in [6.07, 6.45) is -4.44. The molecule has 9 heteroatoms. The zero-order valence-electron chi connectivity index (χ0n) is 20.2. The lowest BCUT2D eigenvalue weighted by atomic mass is 9.87. The van der Waals surface area contributed by atoms with Gasteiger partial charge in [0.2, 0.25) is 0 Å². The van der Waals surface area contributed by atoms with Gasteiger partial charge in [-0.05, 0) is 28.3 Å². The van der Waals surface area contributed by atoms with Gasteiger partial charge in [0.15, 0.2) is 12.4 Å². The van der Waals surface area contributed by atoms with Gasteiger partial charge < -0.3 is 14.3 Å². The van der Waals surface area contributed by atoms with E-state index in [2.05, 4.69) is 50.0 Å². The van der Waals surface area contributed by atoms with Crippen LogP contribution in [-0.2, 0) is 14.6 Å². The van der Waals surface area contributed by atoms with Crippen LogP contribution in [0.15, 0.2) is 70.4 Å². The minimum Gasteiger partial charge on any atom is -0.405 e. The molecule has 1 saturated heterocycles. The van der Waals surface area contributed by atoms with Crippen molar-refractivity contribution in [3.63, 3.8) is 0 Å². The summed E-state index contributed by atoms with van der Waals surface area (Å²) in [5, 5.41) is 12.6. The number of aliphatic hydroxyl groups is 1. The van der Waals surface area contributed by atoms with E-state index in [0.717, 1.165) is 14.9 Å². The zero-order valence-corrected chi connectivity index (χ0v) is 21.2. The fraction of sp³-hybridized carbons (Fsp3) is 0.385. The molecule has 0 saturated carbocycles. The second-order valence-corrected chi connectivity index (χ2v) is 11.9. The Balaban J connectivity index is 1.56. The number of halogens is 1. The van der Waals surface area contributed by atoms with E-state index in [0.29, 0.717) is 0 Å². The van der Waals surface area contributed by atoms with Gasteiger partial charge in [-0.2, -0.15) is 0 Å². The summed E-state index contributed by atoms with van der Waals surface area (Å²) < 4.78 is 28.0. The van der Waals surface area contributed by atoms with Gasteiger partial charge in [-0.3, -0.25) is 14.3 Å². The Labute approximate surface area is 204 Å². The molecular weight excluding hydrogens is 467 g/mol. The molecule has 0 spiro atoms. The van der Waals surface area contributed by atoms with E-state index < -0.39 is 44.9 Å². The highest BCUT2D eigenvalue weighted by Gasteiger charge is 2.46. The number of aromatic amines is 1. The molecule has 1 aliphatic heterocycles. The van der Waals surface area contributed by atoms with Gasteiger partial charge >= 0.3 is 5.69 Å². The first-order chi connectivity index (χ1) is 16.6. The normalized spacial score (nSPS) is 22.6. The van der Waals surface area contributed by atoms with Crippen LogP contribution in [0.4, 0.5) is 4.39 Å². The van der Waals surface area contributed by atoms with Crippen molar-refractivity contribution >= 4 is 19.4 Å². The minimum atomic E-state index is -1.86. The first kappa shape index (κ1) is 25.2. The average Bonchev–Trinajstić information content (AvgIpc) is 3.10. The van der Waals surface area contributed by atoms with Crippen LogP contribution < -0.4 is 21.6 Å². The monoisotopic (exact) mass is 497 g/mol. The molecule has 1 aliphatic rings. The van der Waals surface area contributed by atoms with Crippen molar-refractivity contribution in [2.45, 2.75) is 57.7 Å². The van der Waals surface area contributed by atoms with Crippen LogP contribution in [0.1, 0.15) is 38.1 Å². The van der Waals surface area contributed by atoms with Gasteiger partial charge in [-0.15, -0.1) is 0 Å². The topological polar surface area (TPSA) is 93.6 Å². The number of nitrogens with zero attached hydrogens (tertiary/aromatic N) is 1. The van der Waals surface area contributed by atoms with Gasteiger partial charge in [0, 0.05) is 11.8 Å². The molecule has 0 bridgehead atoms. The Morgan fingerprint density at radius 1 is 1.09 bits per heavy atom. The third-order valence-corrected chi connectivity index (χ3v) is 8.33. The summed E-state index contributed by atoms with van der Waals surface area (Å²) in [5.74, 6) is 0. The summed E-state index contributed by atoms with van der Waals surface area (Å²) in [5.41, 5.74) is 0.116. The van der Waals surface area contributed by atoms with E-state index in [4.69, 9.17) is 9.16 Å². The molecule has 2 N–H and O–H groups in total. The lowest BCUT2D eigenvalue weighted by Gasteiger charge is -2.22. The Morgan fingerprint density at radius 2 is 1.71 bits per heavy atom. The minimum absolute atomic E-state index is 0.0180. The largest absolute Gasteiger partial charge is 0.405 e. The summed E-state index contributed by atoms with van der Waals surface area (Å²) >= 11 is 0. The number of hydrogen-bond acceptors (Lipinski definition) is 5. The third-order valence-electron chi connectivity index (χ3n) is 6.15. The molecule has 1 aromatic heterocycles. The maximum absolute atomic E-state index is 15.0. The smallest absolute Gasteiger partial charge is 0.330 e. The average molecular weight is 498 g/mol. The fourth-order valence-corrected chi connectivity index (χ4v) is 6.01. The molecule has 185 valence electrons. The molecule has 4 rings (SSSR count). The molecule has 0 aliphatic carbocycles. The summed E-state index contributed by atoms with van der Waals surface area (Å²) in [7, 11) is -1.72. The second-order valence-electron chi connectivity index (χ2n) is 9.81. The molecule has 0 amide bonds. The maximum atomic E-state index is 15.0. The lowest BCUT2D eigenvalue weighted by Crippen LogP contribution is -2.47. The molecule has 4 atom stereocenters. The highest BCUT2D eigenvalue weighted by Crippen LogP contribution is 2.31. The van der Waals surface area contributed by atoms with Crippen molar-refractivity contribution in [2.24, 2.45) is 0 Å². The van der Waals surface area contributed by atoms with Crippen LogP contribution >= 0.6 is 0 Å². The van der Waals surface area contributed by atoms with Crippen molar-refractivity contribution in [1.82, 2.24) is 9.55 Å². The van der Waals surface area contributed by atoms with Crippen LogP contribution in [0.2, 0.25) is 0 Å². The van der Waals surface area contributed by atoms with Gasteiger partial charge in [0.1, 0.15) is 12.2 Å². The number of benzene rings is 2. The predicted molar refractivity (Wildman–Crippen MR) is 133 cm³/mol.